The minimum atomic E-state index is -0.937. The van der Waals surface area contributed by atoms with Gasteiger partial charge < -0.3 is 15.2 Å². The highest BCUT2D eigenvalue weighted by Gasteiger charge is 2.19. The molecule has 0 aliphatic carbocycles. The molecule has 0 saturated carbocycles. The first-order valence-corrected chi connectivity index (χ1v) is 4.87. The van der Waals surface area contributed by atoms with Crippen molar-refractivity contribution in [1.82, 2.24) is 5.32 Å². The van der Waals surface area contributed by atoms with Crippen molar-refractivity contribution in [2.24, 2.45) is 0 Å². The monoisotopic (exact) mass is 207 g/mol. The molecule has 1 aromatic carbocycles. The number of benzene rings is 1. The van der Waals surface area contributed by atoms with Crippen molar-refractivity contribution in [3.8, 4) is 5.75 Å². The molecule has 80 valence electrons. The van der Waals surface area contributed by atoms with Gasteiger partial charge in [0.2, 0.25) is 0 Å². The van der Waals surface area contributed by atoms with E-state index in [2.05, 4.69) is 5.32 Å². The molecule has 0 bridgehead atoms. The maximum Gasteiger partial charge on any atom is 0.339 e. The van der Waals surface area contributed by atoms with E-state index in [1.807, 2.05) is 6.07 Å². The Morgan fingerprint density at radius 1 is 1.53 bits per heavy atom. The van der Waals surface area contributed by atoms with Gasteiger partial charge >= 0.3 is 5.97 Å². The Morgan fingerprint density at radius 3 is 3.00 bits per heavy atom. The molecule has 0 spiro atoms. The minimum Gasteiger partial charge on any atom is -0.496 e. The SMILES string of the molecule is COc1c(C(=O)O)ccc2c1CCNC2. The second-order valence-electron chi connectivity index (χ2n) is 3.52. The van der Waals surface area contributed by atoms with Crippen molar-refractivity contribution >= 4 is 5.97 Å². The maximum absolute atomic E-state index is 11.0. The third-order valence-electron chi connectivity index (χ3n) is 2.66. The highest BCUT2D eigenvalue weighted by atomic mass is 16.5. The number of aromatic carboxylic acids is 1. The number of hydrogen-bond acceptors (Lipinski definition) is 3. The Kier molecular flexibility index (Phi) is 2.60. The lowest BCUT2D eigenvalue weighted by Crippen LogP contribution is -2.24. The van der Waals surface area contributed by atoms with Crippen LogP contribution in [-0.2, 0) is 13.0 Å². The van der Waals surface area contributed by atoms with Crippen molar-refractivity contribution in [1.29, 1.82) is 0 Å². The van der Waals surface area contributed by atoms with Crippen molar-refractivity contribution in [2.75, 3.05) is 13.7 Å². The number of carbonyl (C=O) groups is 1. The molecule has 0 saturated heterocycles. The summed E-state index contributed by atoms with van der Waals surface area (Å²) in [6, 6.07) is 3.46. The fraction of sp³-hybridized carbons (Fsp3) is 0.364. The van der Waals surface area contributed by atoms with Gasteiger partial charge in [0, 0.05) is 12.1 Å². The molecular weight excluding hydrogens is 194 g/mol. The molecule has 2 rings (SSSR count). The van der Waals surface area contributed by atoms with E-state index in [-0.39, 0.29) is 5.56 Å². The summed E-state index contributed by atoms with van der Waals surface area (Å²) in [7, 11) is 1.52. The summed E-state index contributed by atoms with van der Waals surface area (Å²) in [6.45, 7) is 1.65. The summed E-state index contributed by atoms with van der Waals surface area (Å²) >= 11 is 0. The molecule has 0 radical (unpaired) electrons. The van der Waals surface area contributed by atoms with E-state index in [1.165, 1.54) is 7.11 Å². The van der Waals surface area contributed by atoms with Gasteiger partial charge in [-0.2, -0.15) is 0 Å². The van der Waals surface area contributed by atoms with Crippen LogP contribution < -0.4 is 10.1 Å². The second kappa shape index (κ2) is 3.90. The predicted octanol–water partition coefficient (Wildman–Crippen LogP) is 1.04. The zero-order chi connectivity index (χ0) is 10.8. The van der Waals surface area contributed by atoms with E-state index >= 15 is 0 Å². The quantitative estimate of drug-likeness (QED) is 0.760. The molecule has 1 aromatic rings. The van der Waals surface area contributed by atoms with Gasteiger partial charge in [0.25, 0.3) is 0 Å². The lowest BCUT2D eigenvalue weighted by molar-refractivity contribution is 0.0693. The number of methoxy groups -OCH3 is 1. The summed E-state index contributed by atoms with van der Waals surface area (Å²) in [5.41, 5.74) is 2.40. The Hall–Kier alpha value is -1.55. The average Bonchev–Trinajstić information content (AvgIpc) is 2.27. The summed E-state index contributed by atoms with van der Waals surface area (Å²) in [5.74, 6) is -0.422. The molecule has 1 aliphatic rings. The molecule has 0 unspecified atom stereocenters. The van der Waals surface area contributed by atoms with Crippen LogP contribution in [0.15, 0.2) is 12.1 Å². The highest BCUT2D eigenvalue weighted by Crippen LogP contribution is 2.29. The molecule has 0 fully saturated rings. The third-order valence-corrected chi connectivity index (χ3v) is 2.66. The summed E-state index contributed by atoms with van der Waals surface area (Å²) < 4.78 is 5.20. The highest BCUT2D eigenvalue weighted by molar-refractivity contribution is 5.91. The van der Waals surface area contributed by atoms with Crippen LogP contribution in [-0.4, -0.2) is 24.7 Å². The van der Waals surface area contributed by atoms with Gasteiger partial charge in [-0.3, -0.25) is 0 Å². The van der Waals surface area contributed by atoms with E-state index in [0.717, 1.165) is 30.6 Å². The zero-order valence-corrected chi connectivity index (χ0v) is 8.54. The van der Waals surface area contributed by atoms with E-state index in [9.17, 15) is 4.79 Å². The topological polar surface area (TPSA) is 58.6 Å². The van der Waals surface area contributed by atoms with Crippen LogP contribution in [0.25, 0.3) is 0 Å². The van der Waals surface area contributed by atoms with Crippen molar-refractivity contribution in [3.63, 3.8) is 0 Å². The lowest BCUT2D eigenvalue weighted by atomic mass is 9.97. The molecule has 1 aliphatic heterocycles. The molecule has 4 heteroatoms. The minimum absolute atomic E-state index is 0.248. The summed E-state index contributed by atoms with van der Waals surface area (Å²) in [6.07, 6.45) is 0.819. The fourth-order valence-corrected chi connectivity index (χ4v) is 1.95. The fourth-order valence-electron chi connectivity index (χ4n) is 1.95. The number of fused-ring (bicyclic) bond motifs is 1. The Morgan fingerprint density at radius 2 is 2.33 bits per heavy atom. The third kappa shape index (κ3) is 1.68. The first-order chi connectivity index (χ1) is 7.24. The lowest BCUT2D eigenvalue weighted by Gasteiger charge is -2.20. The van der Waals surface area contributed by atoms with Crippen LogP contribution in [0.3, 0.4) is 0 Å². The number of carboxylic acid groups (broad SMARTS) is 1. The average molecular weight is 207 g/mol. The largest absolute Gasteiger partial charge is 0.496 e. The molecule has 4 nitrogen and oxygen atoms in total. The smallest absolute Gasteiger partial charge is 0.339 e. The molecule has 0 amide bonds. The van der Waals surface area contributed by atoms with E-state index in [1.54, 1.807) is 6.07 Å². The normalized spacial score (nSPS) is 14.5. The van der Waals surface area contributed by atoms with Gasteiger partial charge in [0.15, 0.2) is 0 Å². The van der Waals surface area contributed by atoms with E-state index in [0.29, 0.717) is 5.75 Å². The van der Waals surface area contributed by atoms with Crippen LogP contribution in [0.1, 0.15) is 21.5 Å². The predicted molar refractivity (Wildman–Crippen MR) is 55.4 cm³/mol. The van der Waals surface area contributed by atoms with Crippen molar-refractivity contribution in [3.05, 3.63) is 28.8 Å². The van der Waals surface area contributed by atoms with Crippen LogP contribution in [0.5, 0.6) is 5.75 Å². The molecule has 2 N–H and O–H groups in total. The van der Waals surface area contributed by atoms with Gasteiger partial charge in [-0.15, -0.1) is 0 Å². The van der Waals surface area contributed by atoms with Crippen LogP contribution in [0.4, 0.5) is 0 Å². The standard InChI is InChI=1S/C11H13NO3/c1-15-10-8-4-5-12-6-7(8)2-3-9(10)11(13)14/h2-3,12H,4-6H2,1H3,(H,13,14). The number of hydrogen-bond donors (Lipinski definition) is 2. The van der Waals surface area contributed by atoms with Gasteiger partial charge in [0.05, 0.1) is 7.11 Å². The van der Waals surface area contributed by atoms with Gasteiger partial charge in [0.1, 0.15) is 11.3 Å². The Labute approximate surface area is 87.9 Å². The molecule has 15 heavy (non-hydrogen) atoms. The van der Waals surface area contributed by atoms with Crippen molar-refractivity contribution in [2.45, 2.75) is 13.0 Å². The number of nitrogens with one attached hydrogen (secondary N) is 1. The number of ether oxygens (including phenoxy) is 1. The van der Waals surface area contributed by atoms with Crippen LogP contribution >= 0.6 is 0 Å². The van der Waals surface area contributed by atoms with Gasteiger partial charge in [-0.25, -0.2) is 4.79 Å². The van der Waals surface area contributed by atoms with Gasteiger partial charge in [-0.05, 0) is 24.6 Å². The first-order valence-electron chi connectivity index (χ1n) is 4.87. The van der Waals surface area contributed by atoms with Gasteiger partial charge in [-0.1, -0.05) is 6.07 Å². The zero-order valence-electron chi connectivity index (χ0n) is 8.54. The number of rotatable bonds is 2. The van der Waals surface area contributed by atoms with Crippen molar-refractivity contribution < 1.29 is 14.6 Å². The Bertz CT molecular complexity index is 401. The maximum atomic E-state index is 11.0. The van der Waals surface area contributed by atoms with E-state index < -0.39 is 5.97 Å². The summed E-state index contributed by atoms with van der Waals surface area (Å²) in [5, 5.41) is 12.2. The molecular formula is C11H13NO3. The molecule has 0 aromatic heterocycles. The summed E-state index contributed by atoms with van der Waals surface area (Å²) in [4.78, 5) is 11.0. The second-order valence-corrected chi connectivity index (χ2v) is 3.52. The molecule has 0 atom stereocenters. The Balaban J connectivity index is 2.56. The first kappa shape index (κ1) is 9.98. The van der Waals surface area contributed by atoms with E-state index in [4.69, 9.17) is 9.84 Å². The van der Waals surface area contributed by atoms with Crippen LogP contribution in [0.2, 0.25) is 0 Å². The van der Waals surface area contributed by atoms with Crippen LogP contribution in [0, 0.1) is 0 Å². The molecule has 1 heterocycles. The number of carboxylic acids is 1.